The van der Waals surface area contributed by atoms with Gasteiger partial charge in [-0.25, -0.2) is 9.50 Å². The Labute approximate surface area is 180 Å². The number of hydrogen-bond acceptors (Lipinski definition) is 5. The number of thiophene rings is 1. The number of carbonyl (C=O) groups is 1. The molecule has 0 fully saturated rings. The van der Waals surface area contributed by atoms with Crippen LogP contribution < -0.4 is 5.32 Å². The van der Waals surface area contributed by atoms with Crippen LogP contribution in [-0.4, -0.2) is 51.6 Å². The molecule has 0 aliphatic rings. The SMILES string of the molecule is CCN(CC)CCNC(=O)c1cccc(-c2cnc3ccc(-c4cccs4)nn23)c1. The molecule has 0 aliphatic heterocycles. The van der Waals surface area contributed by atoms with Crippen LogP contribution in [0.3, 0.4) is 0 Å². The predicted octanol–water partition coefficient (Wildman–Crippen LogP) is 4.20. The van der Waals surface area contributed by atoms with Gasteiger partial charge in [-0.3, -0.25) is 4.79 Å². The average Bonchev–Trinajstić information content (AvgIpc) is 3.46. The summed E-state index contributed by atoms with van der Waals surface area (Å²) in [6, 6.07) is 15.6. The van der Waals surface area contributed by atoms with E-state index < -0.39 is 0 Å². The molecule has 1 N–H and O–H groups in total. The molecule has 7 heteroatoms. The van der Waals surface area contributed by atoms with Crippen molar-refractivity contribution in [3.63, 3.8) is 0 Å². The number of likely N-dealkylation sites (N-methyl/N-ethyl adjacent to an activating group) is 1. The number of fused-ring (bicyclic) bond motifs is 1. The molecule has 3 heterocycles. The Bertz CT molecular complexity index is 1130. The average molecular weight is 420 g/mol. The fraction of sp³-hybridized carbons (Fsp3) is 0.261. The summed E-state index contributed by atoms with van der Waals surface area (Å²) in [6.07, 6.45) is 1.80. The van der Waals surface area contributed by atoms with Crippen molar-refractivity contribution in [3.8, 4) is 21.8 Å². The van der Waals surface area contributed by atoms with Gasteiger partial charge in [-0.05, 0) is 48.8 Å². The highest BCUT2D eigenvalue weighted by molar-refractivity contribution is 7.13. The van der Waals surface area contributed by atoms with Crippen LogP contribution in [0.5, 0.6) is 0 Å². The van der Waals surface area contributed by atoms with Crippen molar-refractivity contribution in [3.05, 3.63) is 65.7 Å². The van der Waals surface area contributed by atoms with Gasteiger partial charge < -0.3 is 10.2 Å². The van der Waals surface area contributed by atoms with Gasteiger partial charge in [0, 0.05) is 24.2 Å². The molecule has 0 saturated heterocycles. The van der Waals surface area contributed by atoms with E-state index in [9.17, 15) is 4.79 Å². The Hall–Kier alpha value is -3.03. The van der Waals surface area contributed by atoms with Crippen molar-refractivity contribution in [2.75, 3.05) is 26.2 Å². The first-order valence-corrected chi connectivity index (χ1v) is 11.1. The highest BCUT2D eigenvalue weighted by atomic mass is 32.1. The predicted molar refractivity (Wildman–Crippen MR) is 122 cm³/mol. The first-order chi connectivity index (χ1) is 14.7. The van der Waals surface area contributed by atoms with Crippen molar-refractivity contribution in [2.45, 2.75) is 13.8 Å². The lowest BCUT2D eigenvalue weighted by Crippen LogP contribution is -2.34. The number of rotatable bonds is 8. The minimum Gasteiger partial charge on any atom is -0.351 e. The summed E-state index contributed by atoms with van der Waals surface area (Å²) in [5.74, 6) is -0.0648. The second-order valence-electron chi connectivity index (χ2n) is 6.97. The van der Waals surface area contributed by atoms with Crippen LogP contribution >= 0.6 is 11.3 Å². The van der Waals surface area contributed by atoms with Gasteiger partial charge in [-0.2, -0.15) is 5.10 Å². The van der Waals surface area contributed by atoms with Gasteiger partial charge >= 0.3 is 0 Å². The van der Waals surface area contributed by atoms with Crippen molar-refractivity contribution in [2.24, 2.45) is 0 Å². The number of hydrogen-bond donors (Lipinski definition) is 1. The highest BCUT2D eigenvalue weighted by Gasteiger charge is 2.12. The zero-order valence-corrected chi connectivity index (χ0v) is 18.0. The second-order valence-corrected chi connectivity index (χ2v) is 7.92. The molecule has 1 amide bonds. The summed E-state index contributed by atoms with van der Waals surface area (Å²) in [5, 5.41) is 9.83. The minimum absolute atomic E-state index is 0.0648. The molecule has 154 valence electrons. The molecule has 1 aromatic carbocycles. The van der Waals surface area contributed by atoms with Crippen molar-refractivity contribution >= 4 is 22.9 Å². The molecular weight excluding hydrogens is 394 g/mol. The molecule has 0 bridgehead atoms. The third kappa shape index (κ3) is 4.27. The van der Waals surface area contributed by atoms with E-state index in [4.69, 9.17) is 5.10 Å². The van der Waals surface area contributed by atoms with E-state index in [2.05, 4.69) is 35.1 Å². The maximum Gasteiger partial charge on any atom is 0.251 e. The standard InChI is InChI=1S/C23H25N5OS/c1-3-27(4-2)13-12-24-23(29)18-8-5-7-17(15-18)20-16-25-22-11-10-19(26-28(20)22)21-9-6-14-30-21/h5-11,14-16H,3-4,12-13H2,1-2H3,(H,24,29). The van der Waals surface area contributed by atoms with E-state index in [0.717, 1.165) is 47.1 Å². The number of benzene rings is 1. The van der Waals surface area contributed by atoms with Crippen LogP contribution in [0.2, 0.25) is 0 Å². The molecule has 0 saturated carbocycles. The first kappa shape index (κ1) is 20.3. The fourth-order valence-electron chi connectivity index (χ4n) is 3.42. The van der Waals surface area contributed by atoms with E-state index in [-0.39, 0.29) is 5.91 Å². The third-order valence-electron chi connectivity index (χ3n) is 5.16. The summed E-state index contributed by atoms with van der Waals surface area (Å²) in [4.78, 5) is 20.5. The van der Waals surface area contributed by atoms with E-state index >= 15 is 0 Å². The monoisotopic (exact) mass is 419 g/mol. The zero-order chi connectivity index (χ0) is 20.9. The van der Waals surface area contributed by atoms with Crippen molar-refractivity contribution in [1.82, 2.24) is 24.8 Å². The normalized spacial score (nSPS) is 11.3. The molecule has 0 unspecified atom stereocenters. The lowest BCUT2D eigenvalue weighted by atomic mass is 10.1. The number of nitrogens with one attached hydrogen (secondary N) is 1. The maximum absolute atomic E-state index is 12.6. The quantitative estimate of drug-likeness (QED) is 0.465. The number of amides is 1. The molecule has 0 aliphatic carbocycles. The lowest BCUT2D eigenvalue weighted by molar-refractivity contribution is 0.0949. The first-order valence-electron chi connectivity index (χ1n) is 10.2. The van der Waals surface area contributed by atoms with Gasteiger partial charge in [0.2, 0.25) is 0 Å². The van der Waals surface area contributed by atoms with Crippen LogP contribution in [0.1, 0.15) is 24.2 Å². The minimum atomic E-state index is -0.0648. The van der Waals surface area contributed by atoms with E-state index in [1.165, 1.54) is 0 Å². The van der Waals surface area contributed by atoms with Gasteiger partial charge in [0.15, 0.2) is 5.65 Å². The largest absolute Gasteiger partial charge is 0.351 e. The van der Waals surface area contributed by atoms with E-state index in [1.807, 2.05) is 52.4 Å². The molecule has 0 radical (unpaired) electrons. The smallest absolute Gasteiger partial charge is 0.251 e. The van der Waals surface area contributed by atoms with E-state index in [0.29, 0.717) is 12.1 Å². The van der Waals surface area contributed by atoms with Gasteiger partial charge in [0.25, 0.3) is 5.91 Å². The molecule has 30 heavy (non-hydrogen) atoms. The van der Waals surface area contributed by atoms with Crippen molar-refractivity contribution in [1.29, 1.82) is 0 Å². The van der Waals surface area contributed by atoms with Gasteiger partial charge in [-0.1, -0.05) is 32.0 Å². The van der Waals surface area contributed by atoms with Gasteiger partial charge in [-0.15, -0.1) is 11.3 Å². The van der Waals surface area contributed by atoms with Crippen LogP contribution in [0.25, 0.3) is 27.5 Å². The molecule has 3 aromatic heterocycles. The van der Waals surface area contributed by atoms with Crippen molar-refractivity contribution < 1.29 is 4.79 Å². The highest BCUT2D eigenvalue weighted by Crippen LogP contribution is 2.26. The summed E-state index contributed by atoms with van der Waals surface area (Å²) in [5.41, 5.74) is 4.09. The van der Waals surface area contributed by atoms with Crippen LogP contribution in [-0.2, 0) is 0 Å². The zero-order valence-electron chi connectivity index (χ0n) is 17.2. The Morgan fingerprint density at radius 2 is 2.00 bits per heavy atom. The van der Waals surface area contributed by atoms with Crippen LogP contribution in [0, 0.1) is 0 Å². The number of carbonyl (C=O) groups excluding carboxylic acids is 1. The lowest BCUT2D eigenvalue weighted by Gasteiger charge is -2.18. The summed E-state index contributed by atoms with van der Waals surface area (Å²) < 4.78 is 1.84. The fourth-order valence-corrected chi connectivity index (χ4v) is 4.11. The number of nitrogens with zero attached hydrogens (tertiary/aromatic N) is 4. The Morgan fingerprint density at radius 3 is 2.77 bits per heavy atom. The van der Waals surface area contributed by atoms with Crippen LogP contribution in [0.4, 0.5) is 0 Å². The van der Waals surface area contributed by atoms with Crippen LogP contribution in [0.15, 0.2) is 60.1 Å². The Kier molecular flexibility index (Phi) is 6.21. The van der Waals surface area contributed by atoms with Gasteiger partial charge in [0.1, 0.15) is 5.69 Å². The Morgan fingerprint density at radius 1 is 1.13 bits per heavy atom. The molecular formula is C23H25N5OS. The topological polar surface area (TPSA) is 62.5 Å². The molecule has 4 aromatic rings. The second kappa shape index (κ2) is 9.19. The summed E-state index contributed by atoms with van der Waals surface area (Å²) in [7, 11) is 0. The Balaban J connectivity index is 1.57. The maximum atomic E-state index is 12.6. The molecule has 4 rings (SSSR count). The summed E-state index contributed by atoms with van der Waals surface area (Å²) >= 11 is 1.66. The third-order valence-corrected chi connectivity index (χ3v) is 6.06. The van der Waals surface area contributed by atoms with E-state index in [1.54, 1.807) is 17.5 Å². The molecule has 6 nitrogen and oxygen atoms in total. The summed E-state index contributed by atoms with van der Waals surface area (Å²) in [6.45, 7) is 7.70. The van der Waals surface area contributed by atoms with Gasteiger partial charge in [0.05, 0.1) is 16.8 Å². The number of imidazole rings is 1. The molecule has 0 atom stereocenters. The molecule has 0 spiro atoms. The number of aromatic nitrogens is 3.